The predicted octanol–water partition coefficient (Wildman–Crippen LogP) is 2.27. The van der Waals surface area contributed by atoms with Crippen LogP contribution in [0.4, 0.5) is 0 Å². The number of nitrogens with zero attached hydrogens (tertiary/aromatic N) is 3. The quantitative estimate of drug-likeness (QED) is 0.294. The number of benzene rings is 1. The number of hydrogen-bond acceptors (Lipinski definition) is 7. The Morgan fingerprint density at radius 2 is 1.94 bits per heavy atom. The summed E-state index contributed by atoms with van der Waals surface area (Å²) in [5.74, 6) is -2.82. The third-order valence-corrected chi connectivity index (χ3v) is 8.52. The van der Waals surface area contributed by atoms with Gasteiger partial charge < -0.3 is 9.64 Å². The summed E-state index contributed by atoms with van der Waals surface area (Å²) in [4.78, 5) is 40.2. The van der Waals surface area contributed by atoms with E-state index in [0.717, 1.165) is 4.41 Å². The van der Waals surface area contributed by atoms with E-state index in [1.165, 1.54) is 29.3 Å². The van der Waals surface area contributed by atoms with E-state index in [-0.39, 0.29) is 41.9 Å². The van der Waals surface area contributed by atoms with Gasteiger partial charge in [-0.3, -0.25) is 9.59 Å². The Hall–Kier alpha value is -3.53. The number of β-lactam (4-membered cyclic amide) rings is 1. The van der Waals surface area contributed by atoms with Crippen LogP contribution in [0.3, 0.4) is 0 Å². The van der Waals surface area contributed by atoms with Crippen LogP contribution in [0.25, 0.3) is 0 Å². The fraction of sp³-hybridized carbons (Fsp3) is 0.360. The Labute approximate surface area is 204 Å². The minimum Gasteiger partial charge on any atom is -0.457 e. The van der Waals surface area contributed by atoms with Gasteiger partial charge in [0.1, 0.15) is 18.1 Å². The molecule has 1 amide bonds. The smallest absolute Gasteiger partial charge is 0.355 e. The first kappa shape index (κ1) is 24.6. The van der Waals surface area contributed by atoms with E-state index in [1.54, 1.807) is 25.1 Å². The van der Waals surface area contributed by atoms with Gasteiger partial charge in [-0.1, -0.05) is 50.8 Å². The lowest BCUT2D eigenvalue weighted by Gasteiger charge is -2.47. The first-order valence-corrected chi connectivity index (χ1v) is 12.7. The monoisotopic (exact) mass is 497 g/mol. The number of ketones is 1. The molecule has 4 rings (SSSR count). The van der Waals surface area contributed by atoms with Gasteiger partial charge in [-0.05, 0) is 11.6 Å². The molecule has 3 aliphatic heterocycles. The van der Waals surface area contributed by atoms with Crippen LogP contribution < -0.4 is 0 Å². The maximum atomic E-state index is 13.2. The van der Waals surface area contributed by atoms with Crippen LogP contribution in [0.5, 0.6) is 0 Å². The number of sulfonamides is 1. The predicted molar refractivity (Wildman–Crippen MR) is 128 cm³/mol. The number of amides is 1. The van der Waals surface area contributed by atoms with Gasteiger partial charge in [-0.15, -0.1) is 6.58 Å². The van der Waals surface area contributed by atoms with Crippen molar-refractivity contribution in [3.8, 4) is 0 Å². The van der Waals surface area contributed by atoms with Crippen molar-refractivity contribution in [1.82, 2.24) is 9.31 Å². The Morgan fingerprint density at radius 3 is 2.63 bits per heavy atom. The number of esters is 1. The van der Waals surface area contributed by atoms with E-state index in [4.69, 9.17) is 4.74 Å². The fourth-order valence-corrected chi connectivity index (χ4v) is 6.36. The van der Waals surface area contributed by atoms with Crippen LogP contribution in [0, 0.1) is 17.8 Å². The van der Waals surface area contributed by atoms with E-state index in [9.17, 15) is 22.8 Å². The Bertz CT molecular complexity index is 1280. The highest BCUT2D eigenvalue weighted by Gasteiger charge is 2.61. The maximum Gasteiger partial charge on any atom is 0.355 e. The van der Waals surface area contributed by atoms with Gasteiger partial charge >= 0.3 is 5.97 Å². The van der Waals surface area contributed by atoms with Crippen LogP contribution in [-0.4, -0.2) is 60.8 Å². The van der Waals surface area contributed by atoms with E-state index in [2.05, 4.69) is 18.3 Å². The summed E-state index contributed by atoms with van der Waals surface area (Å²) in [6, 6.07) is 6.03. The molecule has 35 heavy (non-hydrogen) atoms. The van der Waals surface area contributed by atoms with Crippen LogP contribution in [-0.2, 0) is 29.1 Å². The second-order valence-electron chi connectivity index (χ2n) is 8.79. The molecule has 3 aliphatic rings. The van der Waals surface area contributed by atoms with Gasteiger partial charge in [0, 0.05) is 23.8 Å². The molecule has 184 valence electrons. The van der Waals surface area contributed by atoms with E-state index in [0.29, 0.717) is 11.1 Å². The number of fused-ring (bicyclic) bond motifs is 2. The molecule has 4 atom stereocenters. The summed E-state index contributed by atoms with van der Waals surface area (Å²) in [6.45, 7) is 10.3. The van der Waals surface area contributed by atoms with Crippen molar-refractivity contribution in [2.24, 2.45) is 22.9 Å². The highest BCUT2D eigenvalue weighted by atomic mass is 32.2. The molecule has 0 N–H and O–H groups in total. The standard InChI is InChI=1S/C25H27N3O6S/c1-5-9-19(29)16(4)21-22-15(3)18(23(28(22)24(21)30)25(31)34-12-6-2)14-27-26-13-17-10-7-8-11-20(17)35(27,32)33/h5-8,10-11,13,15-16,21-22H,1-2,9,12,14H2,3-4H3/t15?,16-,21?,22?/m0/s1. The third kappa shape index (κ3) is 3.91. The summed E-state index contributed by atoms with van der Waals surface area (Å²) in [5, 5.41) is 4.12. The van der Waals surface area contributed by atoms with Crippen molar-refractivity contribution in [3.05, 3.63) is 66.4 Å². The van der Waals surface area contributed by atoms with Gasteiger partial charge in [-0.25, -0.2) is 4.79 Å². The first-order valence-electron chi connectivity index (χ1n) is 11.3. The summed E-state index contributed by atoms with van der Waals surface area (Å²) in [7, 11) is -3.97. The summed E-state index contributed by atoms with van der Waals surface area (Å²) in [6.07, 6.45) is 4.49. The first-order chi connectivity index (χ1) is 16.6. The number of carbonyl (C=O) groups is 3. The van der Waals surface area contributed by atoms with Crippen LogP contribution in [0.1, 0.15) is 25.8 Å². The molecule has 0 spiro atoms. The van der Waals surface area contributed by atoms with Crippen molar-refractivity contribution >= 4 is 33.9 Å². The molecule has 0 aliphatic carbocycles. The SMILES string of the molecule is C=CCOC(=O)C1=C(CN2N=Cc3ccccc3S2(=O)=O)C(C)C2C([C@@H](C)C(=O)CC=C)C(=O)N12. The lowest BCUT2D eigenvalue weighted by atomic mass is 9.72. The molecule has 3 unspecified atom stereocenters. The number of hydrazone groups is 1. The van der Waals surface area contributed by atoms with Gasteiger partial charge in [0.05, 0.1) is 29.6 Å². The molecule has 9 nitrogen and oxygen atoms in total. The van der Waals surface area contributed by atoms with Gasteiger partial charge in [0.25, 0.3) is 10.0 Å². The Balaban J connectivity index is 1.70. The van der Waals surface area contributed by atoms with Crippen molar-refractivity contribution in [1.29, 1.82) is 0 Å². The summed E-state index contributed by atoms with van der Waals surface area (Å²) in [5.41, 5.74) is 0.901. The molecule has 0 radical (unpaired) electrons. The molecule has 0 saturated carbocycles. The third-order valence-electron chi connectivity index (χ3n) is 6.82. The summed E-state index contributed by atoms with van der Waals surface area (Å²) >= 11 is 0. The maximum absolute atomic E-state index is 13.2. The molecule has 1 fully saturated rings. The van der Waals surface area contributed by atoms with Crippen molar-refractivity contribution in [2.75, 3.05) is 13.2 Å². The average Bonchev–Trinajstić information content (AvgIpc) is 3.07. The van der Waals surface area contributed by atoms with Gasteiger partial charge in [0.2, 0.25) is 5.91 Å². The van der Waals surface area contributed by atoms with Crippen LogP contribution >= 0.6 is 0 Å². The van der Waals surface area contributed by atoms with Crippen LogP contribution in [0.15, 0.2) is 70.8 Å². The molecule has 0 aromatic heterocycles. The van der Waals surface area contributed by atoms with E-state index >= 15 is 0 Å². The Kier molecular flexibility index (Phi) is 6.50. The Morgan fingerprint density at radius 1 is 1.23 bits per heavy atom. The zero-order chi connectivity index (χ0) is 25.5. The number of allylic oxidation sites excluding steroid dienone is 1. The lowest BCUT2D eigenvalue weighted by molar-refractivity contribution is -0.162. The fourth-order valence-electron chi connectivity index (χ4n) is 4.99. The topological polar surface area (TPSA) is 113 Å². The molecule has 10 heteroatoms. The van der Waals surface area contributed by atoms with Gasteiger partial charge in [-0.2, -0.15) is 17.9 Å². The zero-order valence-electron chi connectivity index (χ0n) is 19.6. The molecule has 3 heterocycles. The van der Waals surface area contributed by atoms with Crippen molar-refractivity contribution in [3.63, 3.8) is 0 Å². The molecular weight excluding hydrogens is 470 g/mol. The normalized spacial score (nSPS) is 24.9. The van der Waals surface area contributed by atoms with Crippen molar-refractivity contribution < 1.29 is 27.5 Å². The number of ether oxygens (including phenoxy) is 1. The van der Waals surface area contributed by atoms with Crippen LogP contribution in [0.2, 0.25) is 0 Å². The van der Waals surface area contributed by atoms with E-state index < -0.39 is 39.8 Å². The highest BCUT2D eigenvalue weighted by Crippen LogP contribution is 2.49. The second-order valence-corrected chi connectivity index (χ2v) is 10.6. The molecule has 1 aromatic rings. The minimum atomic E-state index is -3.97. The molecular formula is C25H27N3O6S. The van der Waals surface area contributed by atoms with Gasteiger partial charge in [0.15, 0.2) is 0 Å². The van der Waals surface area contributed by atoms with Crippen molar-refractivity contribution in [2.45, 2.75) is 31.2 Å². The molecule has 1 saturated heterocycles. The lowest BCUT2D eigenvalue weighted by Crippen LogP contribution is -2.63. The van der Waals surface area contributed by atoms with E-state index in [1.807, 2.05) is 6.92 Å². The number of hydrogen-bond donors (Lipinski definition) is 0. The highest BCUT2D eigenvalue weighted by molar-refractivity contribution is 7.89. The molecule has 0 bridgehead atoms. The minimum absolute atomic E-state index is 0.0122. The molecule has 1 aromatic carbocycles. The second kappa shape index (κ2) is 9.26. The largest absolute Gasteiger partial charge is 0.457 e. The average molecular weight is 498 g/mol. The number of Topliss-reactive ketones (excluding diaryl/α,β-unsaturated/α-hetero) is 1. The summed E-state index contributed by atoms with van der Waals surface area (Å²) < 4.78 is 32.7. The number of carbonyl (C=O) groups excluding carboxylic acids is 3. The number of rotatable bonds is 9. The zero-order valence-corrected chi connectivity index (χ0v) is 20.4.